The first-order valence-electron chi connectivity index (χ1n) is 9.76. The summed E-state index contributed by atoms with van der Waals surface area (Å²) >= 11 is 1.47. The Bertz CT molecular complexity index is 855. The molecule has 0 bridgehead atoms. The maximum absolute atomic E-state index is 12.3. The summed E-state index contributed by atoms with van der Waals surface area (Å²) in [7, 11) is 0. The van der Waals surface area contributed by atoms with Gasteiger partial charge in [-0.1, -0.05) is 18.2 Å². The normalized spacial score (nSPS) is 19.5. The van der Waals surface area contributed by atoms with E-state index in [4.69, 9.17) is 4.74 Å². The molecule has 2 aromatic rings. The zero-order valence-electron chi connectivity index (χ0n) is 16.8. The van der Waals surface area contributed by atoms with E-state index in [1.807, 2.05) is 37.3 Å². The standard InChI is InChI=1S/C21H27N3O4S/c1-15-18(14-28-17-7-4-3-5-8-17)29-20(23-15)21(27)9-6-11-24(12-10-21)19(26)13-22-16(2)25/h3-5,7-8,27H,6,9-14H2,1-2H3,(H,22,25)/t21-/m1/s1. The van der Waals surface area contributed by atoms with Crippen LogP contribution in [0.2, 0.25) is 0 Å². The third-order valence-electron chi connectivity index (χ3n) is 5.06. The van der Waals surface area contributed by atoms with Crippen LogP contribution in [0.25, 0.3) is 0 Å². The number of para-hydroxylation sites is 1. The van der Waals surface area contributed by atoms with Gasteiger partial charge < -0.3 is 20.1 Å². The summed E-state index contributed by atoms with van der Waals surface area (Å²) in [5, 5.41) is 14.5. The van der Waals surface area contributed by atoms with Crippen molar-refractivity contribution in [2.45, 2.75) is 45.3 Å². The molecule has 29 heavy (non-hydrogen) atoms. The van der Waals surface area contributed by atoms with Gasteiger partial charge in [0.25, 0.3) is 0 Å². The predicted octanol–water partition coefficient (Wildman–Crippen LogP) is 2.37. The Morgan fingerprint density at radius 2 is 2.03 bits per heavy atom. The number of rotatable bonds is 6. The summed E-state index contributed by atoms with van der Waals surface area (Å²) in [5.41, 5.74) is -0.194. The first-order chi connectivity index (χ1) is 13.9. The number of ether oxygens (including phenoxy) is 1. The van der Waals surface area contributed by atoms with E-state index in [1.165, 1.54) is 18.3 Å². The van der Waals surface area contributed by atoms with Gasteiger partial charge in [-0.15, -0.1) is 11.3 Å². The molecular weight excluding hydrogens is 390 g/mol. The van der Waals surface area contributed by atoms with Gasteiger partial charge in [0, 0.05) is 26.4 Å². The van der Waals surface area contributed by atoms with Crippen molar-refractivity contribution in [3.8, 4) is 5.75 Å². The molecule has 1 aliphatic heterocycles. The van der Waals surface area contributed by atoms with Crippen molar-refractivity contribution in [1.29, 1.82) is 0 Å². The number of nitrogens with one attached hydrogen (secondary N) is 1. The second-order valence-corrected chi connectivity index (χ2v) is 8.39. The molecule has 0 aliphatic carbocycles. The first-order valence-corrected chi connectivity index (χ1v) is 10.6. The number of nitrogens with zero attached hydrogens (tertiary/aromatic N) is 2. The molecule has 3 rings (SSSR count). The Morgan fingerprint density at radius 3 is 2.76 bits per heavy atom. The Morgan fingerprint density at radius 1 is 1.28 bits per heavy atom. The summed E-state index contributed by atoms with van der Waals surface area (Å²) in [5.74, 6) is 0.438. The Labute approximate surface area is 174 Å². The number of aromatic nitrogens is 1. The highest BCUT2D eigenvalue weighted by Crippen LogP contribution is 2.36. The number of thiazole rings is 1. The number of likely N-dealkylation sites (tertiary alicyclic amines) is 1. The Kier molecular flexibility index (Phi) is 6.87. The second-order valence-electron chi connectivity index (χ2n) is 7.30. The summed E-state index contributed by atoms with van der Waals surface area (Å²) < 4.78 is 5.83. The van der Waals surface area contributed by atoms with Gasteiger partial charge in [-0.2, -0.15) is 0 Å². The van der Waals surface area contributed by atoms with E-state index in [9.17, 15) is 14.7 Å². The van der Waals surface area contributed by atoms with Crippen molar-refractivity contribution in [3.63, 3.8) is 0 Å². The van der Waals surface area contributed by atoms with Crippen molar-refractivity contribution in [1.82, 2.24) is 15.2 Å². The molecule has 0 spiro atoms. The largest absolute Gasteiger partial charge is 0.488 e. The van der Waals surface area contributed by atoms with E-state index >= 15 is 0 Å². The molecule has 0 radical (unpaired) electrons. The molecule has 1 aromatic heterocycles. The average Bonchev–Trinajstić information content (AvgIpc) is 2.96. The Balaban J connectivity index is 1.63. The number of hydrogen-bond acceptors (Lipinski definition) is 6. The summed E-state index contributed by atoms with van der Waals surface area (Å²) in [6.07, 6.45) is 1.64. The molecule has 0 unspecified atom stereocenters. The zero-order chi connectivity index (χ0) is 20.9. The number of carbonyl (C=O) groups is 2. The topological polar surface area (TPSA) is 91.8 Å². The first kappa shape index (κ1) is 21.3. The number of carbonyl (C=O) groups excluding carboxylic acids is 2. The van der Waals surface area contributed by atoms with Gasteiger partial charge in [-0.05, 0) is 31.9 Å². The third kappa shape index (κ3) is 5.55. The molecule has 2 heterocycles. The van der Waals surface area contributed by atoms with Gasteiger partial charge in [-0.25, -0.2) is 4.98 Å². The van der Waals surface area contributed by atoms with Crippen molar-refractivity contribution >= 4 is 23.2 Å². The quantitative estimate of drug-likeness (QED) is 0.753. The Hall–Kier alpha value is -2.45. The monoisotopic (exact) mass is 417 g/mol. The fraction of sp³-hybridized carbons (Fsp3) is 0.476. The minimum Gasteiger partial charge on any atom is -0.488 e. The predicted molar refractivity (Wildman–Crippen MR) is 111 cm³/mol. The highest BCUT2D eigenvalue weighted by Gasteiger charge is 2.36. The van der Waals surface area contributed by atoms with E-state index < -0.39 is 5.60 Å². The fourth-order valence-corrected chi connectivity index (χ4v) is 4.44. The lowest BCUT2D eigenvalue weighted by Gasteiger charge is -2.24. The highest BCUT2D eigenvalue weighted by molar-refractivity contribution is 7.11. The van der Waals surface area contributed by atoms with Gasteiger partial charge >= 0.3 is 0 Å². The molecular formula is C21H27N3O4S. The maximum atomic E-state index is 12.3. The fourth-order valence-electron chi connectivity index (χ4n) is 3.32. The number of amides is 2. The van der Waals surface area contributed by atoms with E-state index in [0.717, 1.165) is 16.3 Å². The molecule has 7 nitrogen and oxygen atoms in total. The number of aryl methyl sites for hydroxylation is 1. The van der Waals surface area contributed by atoms with Crippen LogP contribution in [-0.4, -0.2) is 46.4 Å². The molecule has 1 saturated heterocycles. The van der Waals surface area contributed by atoms with Gasteiger partial charge in [0.2, 0.25) is 11.8 Å². The van der Waals surface area contributed by atoms with Crippen LogP contribution >= 0.6 is 11.3 Å². The van der Waals surface area contributed by atoms with Crippen molar-refractivity contribution in [2.75, 3.05) is 19.6 Å². The molecule has 8 heteroatoms. The summed E-state index contributed by atoms with van der Waals surface area (Å²) in [6, 6.07) is 9.60. The van der Waals surface area contributed by atoms with Crippen LogP contribution in [0.1, 0.15) is 41.8 Å². The van der Waals surface area contributed by atoms with E-state index in [0.29, 0.717) is 44.0 Å². The van der Waals surface area contributed by atoms with E-state index in [-0.39, 0.29) is 18.4 Å². The van der Waals surface area contributed by atoms with Crippen LogP contribution in [0.5, 0.6) is 5.75 Å². The van der Waals surface area contributed by atoms with E-state index in [2.05, 4.69) is 10.3 Å². The lowest BCUT2D eigenvalue weighted by atomic mass is 9.96. The molecule has 0 saturated carbocycles. The molecule has 2 N–H and O–H groups in total. The van der Waals surface area contributed by atoms with Crippen LogP contribution < -0.4 is 10.1 Å². The average molecular weight is 418 g/mol. The molecule has 156 valence electrons. The number of benzene rings is 1. The maximum Gasteiger partial charge on any atom is 0.241 e. The summed E-state index contributed by atoms with van der Waals surface area (Å²) in [6.45, 7) is 4.71. The lowest BCUT2D eigenvalue weighted by molar-refractivity contribution is -0.132. The minimum absolute atomic E-state index is 0.00883. The van der Waals surface area contributed by atoms with E-state index in [1.54, 1.807) is 4.90 Å². The van der Waals surface area contributed by atoms with Crippen LogP contribution in [-0.2, 0) is 21.8 Å². The minimum atomic E-state index is -1.05. The highest BCUT2D eigenvalue weighted by atomic mass is 32.1. The molecule has 2 amide bonds. The van der Waals surface area contributed by atoms with Crippen molar-refractivity contribution < 1.29 is 19.4 Å². The van der Waals surface area contributed by atoms with Crippen LogP contribution in [0, 0.1) is 6.92 Å². The molecule has 1 aromatic carbocycles. The van der Waals surface area contributed by atoms with Gasteiger partial charge in [0.05, 0.1) is 17.1 Å². The van der Waals surface area contributed by atoms with Crippen LogP contribution in [0.15, 0.2) is 30.3 Å². The number of hydrogen-bond donors (Lipinski definition) is 2. The lowest BCUT2D eigenvalue weighted by Crippen LogP contribution is -2.40. The van der Waals surface area contributed by atoms with Crippen LogP contribution in [0.4, 0.5) is 0 Å². The molecule has 1 aliphatic rings. The SMILES string of the molecule is CC(=O)NCC(=O)N1CCC[C@](O)(c2nc(C)c(COc3ccccc3)s2)CC1. The zero-order valence-corrected chi connectivity index (χ0v) is 17.6. The number of aliphatic hydroxyl groups is 1. The second kappa shape index (κ2) is 9.37. The smallest absolute Gasteiger partial charge is 0.241 e. The van der Waals surface area contributed by atoms with Gasteiger partial charge in [0.15, 0.2) is 0 Å². The molecule has 1 fully saturated rings. The third-order valence-corrected chi connectivity index (χ3v) is 6.38. The van der Waals surface area contributed by atoms with Gasteiger partial charge in [-0.3, -0.25) is 9.59 Å². The van der Waals surface area contributed by atoms with Crippen molar-refractivity contribution in [2.24, 2.45) is 0 Å². The molecule has 1 atom stereocenters. The summed E-state index contributed by atoms with van der Waals surface area (Å²) in [4.78, 5) is 30.6. The van der Waals surface area contributed by atoms with Crippen LogP contribution in [0.3, 0.4) is 0 Å². The van der Waals surface area contributed by atoms with Crippen molar-refractivity contribution in [3.05, 3.63) is 45.9 Å². The van der Waals surface area contributed by atoms with Gasteiger partial charge in [0.1, 0.15) is 23.0 Å².